The van der Waals surface area contributed by atoms with E-state index in [0.717, 1.165) is 25.0 Å². The van der Waals surface area contributed by atoms with Gasteiger partial charge >= 0.3 is 0 Å². The van der Waals surface area contributed by atoms with Gasteiger partial charge in [0.1, 0.15) is 0 Å². The van der Waals surface area contributed by atoms with Crippen molar-refractivity contribution in [2.75, 3.05) is 42.2 Å². The van der Waals surface area contributed by atoms with Gasteiger partial charge in [0.05, 0.1) is 30.8 Å². The summed E-state index contributed by atoms with van der Waals surface area (Å²) in [5.41, 5.74) is 2.17. The Balaban J connectivity index is 2.04. The summed E-state index contributed by atoms with van der Waals surface area (Å²) in [5.74, 6) is 0. The highest BCUT2D eigenvalue weighted by molar-refractivity contribution is 7.92. The van der Waals surface area contributed by atoms with Crippen LogP contribution in [0.25, 0.3) is 11.0 Å². The van der Waals surface area contributed by atoms with E-state index in [0.29, 0.717) is 29.9 Å². The maximum Gasteiger partial charge on any atom is 0.229 e. The fraction of sp³-hybridized carbons (Fsp3) is 0.455. The molecule has 2 heterocycles. The molecule has 1 aromatic heterocycles. The van der Waals surface area contributed by atoms with Crippen LogP contribution in [-0.4, -0.2) is 51.3 Å². The van der Waals surface area contributed by atoms with Crippen LogP contribution in [0.4, 0.5) is 11.4 Å². The minimum Gasteiger partial charge on any atom is -0.378 e. The first kappa shape index (κ1) is 13.1. The Morgan fingerprint density at radius 2 is 1.90 bits per heavy atom. The molecule has 0 saturated carbocycles. The summed E-state index contributed by atoms with van der Waals surface area (Å²) in [7, 11) is -3.38. The number of hydrogen-bond donors (Lipinski definition) is 1. The highest BCUT2D eigenvalue weighted by Gasteiger charge is 2.19. The first-order chi connectivity index (χ1) is 9.54. The Morgan fingerprint density at radius 3 is 2.60 bits per heavy atom. The summed E-state index contributed by atoms with van der Waals surface area (Å²) in [6.07, 6.45) is 1.09. The zero-order valence-electron chi connectivity index (χ0n) is 10.9. The number of benzene rings is 1. The van der Waals surface area contributed by atoms with Crippen molar-refractivity contribution in [1.82, 2.24) is 10.3 Å². The molecule has 1 N–H and O–H groups in total. The first-order valence-electron chi connectivity index (χ1n) is 6.10. The molecule has 0 atom stereocenters. The van der Waals surface area contributed by atoms with E-state index < -0.39 is 10.0 Å². The smallest absolute Gasteiger partial charge is 0.229 e. The number of hydrogen-bond acceptors (Lipinski definition) is 7. The summed E-state index contributed by atoms with van der Waals surface area (Å²) in [6, 6.07) is 3.48. The normalized spacial score (nSPS) is 16.6. The molecule has 0 spiro atoms. The monoisotopic (exact) mass is 298 g/mol. The fourth-order valence-corrected chi connectivity index (χ4v) is 2.76. The Hall–Kier alpha value is -1.87. The number of fused-ring (bicyclic) bond motifs is 1. The topological polar surface area (TPSA) is 97.6 Å². The largest absolute Gasteiger partial charge is 0.378 e. The van der Waals surface area contributed by atoms with Gasteiger partial charge in [0.2, 0.25) is 10.0 Å². The van der Waals surface area contributed by atoms with E-state index in [4.69, 9.17) is 9.37 Å². The highest BCUT2D eigenvalue weighted by Crippen LogP contribution is 2.30. The molecular weight excluding hydrogens is 284 g/mol. The highest BCUT2D eigenvalue weighted by atomic mass is 32.2. The molecule has 20 heavy (non-hydrogen) atoms. The van der Waals surface area contributed by atoms with Gasteiger partial charge in [0, 0.05) is 13.1 Å². The van der Waals surface area contributed by atoms with Crippen molar-refractivity contribution in [3.05, 3.63) is 12.1 Å². The van der Waals surface area contributed by atoms with Crippen LogP contribution in [0.5, 0.6) is 0 Å². The molecule has 2 aromatic rings. The van der Waals surface area contributed by atoms with Gasteiger partial charge in [-0.2, -0.15) is 0 Å². The minimum atomic E-state index is -3.38. The summed E-state index contributed by atoms with van der Waals surface area (Å²) in [4.78, 5) is 2.11. The van der Waals surface area contributed by atoms with Crippen LogP contribution >= 0.6 is 0 Å². The lowest BCUT2D eigenvalue weighted by molar-refractivity contribution is 0.123. The molecule has 0 unspecified atom stereocenters. The SMILES string of the molecule is CS(=O)(=O)Nc1ccc(N2CCOCC2)c2nonc12. The average Bonchev–Trinajstić information content (AvgIpc) is 2.88. The molecule has 1 saturated heterocycles. The van der Waals surface area contributed by atoms with E-state index in [1.54, 1.807) is 6.07 Å². The van der Waals surface area contributed by atoms with Crippen molar-refractivity contribution in [2.45, 2.75) is 0 Å². The van der Waals surface area contributed by atoms with Gasteiger partial charge in [-0.3, -0.25) is 4.72 Å². The standard InChI is InChI=1S/C11H14N4O4S/c1-20(16,17)14-8-2-3-9(11-10(8)12-19-13-11)15-4-6-18-7-5-15/h2-3,14H,4-7H2,1H3. The van der Waals surface area contributed by atoms with E-state index in [1.807, 2.05) is 6.07 Å². The van der Waals surface area contributed by atoms with Crippen molar-refractivity contribution >= 4 is 32.4 Å². The number of rotatable bonds is 3. The number of morpholine rings is 1. The molecule has 8 nitrogen and oxygen atoms in total. The lowest BCUT2D eigenvalue weighted by atomic mass is 10.2. The Morgan fingerprint density at radius 1 is 1.20 bits per heavy atom. The van der Waals surface area contributed by atoms with Crippen LogP contribution in [0.3, 0.4) is 0 Å². The van der Waals surface area contributed by atoms with Crippen molar-refractivity contribution < 1.29 is 17.8 Å². The summed E-state index contributed by atoms with van der Waals surface area (Å²) < 4.78 is 35.1. The molecule has 1 aliphatic heterocycles. The third kappa shape index (κ3) is 2.54. The molecule has 1 aromatic carbocycles. The van der Waals surface area contributed by atoms with Crippen LogP contribution < -0.4 is 9.62 Å². The number of nitrogens with one attached hydrogen (secondary N) is 1. The quantitative estimate of drug-likeness (QED) is 0.877. The molecule has 1 fully saturated rings. The minimum absolute atomic E-state index is 0.362. The maximum absolute atomic E-state index is 11.3. The van der Waals surface area contributed by atoms with Crippen LogP contribution in [-0.2, 0) is 14.8 Å². The lowest BCUT2D eigenvalue weighted by Gasteiger charge is -2.28. The van der Waals surface area contributed by atoms with Crippen LogP contribution in [0.2, 0.25) is 0 Å². The van der Waals surface area contributed by atoms with Gasteiger partial charge in [0.25, 0.3) is 0 Å². The first-order valence-corrected chi connectivity index (χ1v) is 7.99. The average molecular weight is 298 g/mol. The van der Waals surface area contributed by atoms with Gasteiger partial charge in [-0.05, 0) is 22.4 Å². The predicted molar refractivity (Wildman–Crippen MR) is 73.3 cm³/mol. The van der Waals surface area contributed by atoms with Gasteiger partial charge in [-0.1, -0.05) is 0 Å². The molecule has 0 radical (unpaired) electrons. The van der Waals surface area contributed by atoms with E-state index in [2.05, 4.69) is 19.9 Å². The molecule has 0 aliphatic carbocycles. The van der Waals surface area contributed by atoms with Crippen LogP contribution in [0, 0.1) is 0 Å². The van der Waals surface area contributed by atoms with Crippen LogP contribution in [0.15, 0.2) is 16.8 Å². The second-order valence-electron chi connectivity index (χ2n) is 4.57. The van der Waals surface area contributed by atoms with Crippen molar-refractivity contribution in [3.63, 3.8) is 0 Å². The number of nitrogens with zero attached hydrogens (tertiary/aromatic N) is 3. The van der Waals surface area contributed by atoms with Gasteiger partial charge < -0.3 is 9.64 Å². The zero-order chi connectivity index (χ0) is 14.2. The fourth-order valence-electron chi connectivity index (χ4n) is 2.20. The third-order valence-corrected chi connectivity index (χ3v) is 3.63. The second-order valence-corrected chi connectivity index (χ2v) is 6.32. The number of ether oxygens (including phenoxy) is 1. The molecule has 9 heteroatoms. The molecule has 0 bridgehead atoms. The van der Waals surface area contributed by atoms with Crippen molar-refractivity contribution in [2.24, 2.45) is 0 Å². The molecule has 1 aliphatic rings. The predicted octanol–water partition coefficient (Wildman–Crippen LogP) is 0.431. The van der Waals surface area contributed by atoms with Crippen molar-refractivity contribution in [3.8, 4) is 0 Å². The van der Waals surface area contributed by atoms with Gasteiger partial charge in [-0.25, -0.2) is 13.0 Å². The second kappa shape index (κ2) is 4.91. The molecule has 3 rings (SSSR count). The zero-order valence-corrected chi connectivity index (χ0v) is 11.7. The lowest BCUT2D eigenvalue weighted by Crippen LogP contribution is -2.36. The number of anilines is 2. The van der Waals surface area contributed by atoms with E-state index >= 15 is 0 Å². The number of sulfonamides is 1. The Kier molecular flexibility index (Phi) is 3.22. The maximum atomic E-state index is 11.3. The summed E-state index contributed by atoms with van der Waals surface area (Å²) >= 11 is 0. The summed E-state index contributed by atoms with van der Waals surface area (Å²) in [5, 5.41) is 7.67. The van der Waals surface area contributed by atoms with Gasteiger partial charge in [0.15, 0.2) is 11.0 Å². The van der Waals surface area contributed by atoms with E-state index in [1.165, 1.54) is 0 Å². The van der Waals surface area contributed by atoms with Crippen molar-refractivity contribution in [1.29, 1.82) is 0 Å². The van der Waals surface area contributed by atoms with Crippen LogP contribution in [0.1, 0.15) is 0 Å². The van der Waals surface area contributed by atoms with E-state index in [-0.39, 0.29) is 0 Å². The Bertz CT molecular complexity index is 721. The third-order valence-electron chi connectivity index (χ3n) is 3.04. The van der Waals surface area contributed by atoms with E-state index in [9.17, 15) is 8.42 Å². The molecular formula is C11H14N4O4S. The molecule has 0 amide bonds. The molecule has 108 valence electrons. The van der Waals surface area contributed by atoms with Gasteiger partial charge in [-0.15, -0.1) is 0 Å². The summed E-state index contributed by atoms with van der Waals surface area (Å²) in [6.45, 7) is 2.80. The Labute approximate surface area is 115 Å². The number of aromatic nitrogens is 2.